The highest BCUT2D eigenvalue weighted by Gasteiger charge is 2.27. The third-order valence-corrected chi connectivity index (χ3v) is 9.95. The number of hydrogen-bond acceptors (Lipinski definition) is 7. The monoisotopic (exact) mass is 523 g/mol. The second-order valence-corrected chi connectivity index (χ2v) is 12.1. The minimum atomic E-state index is -3.59. The highest BCUT2D eigenvalue weighted by molar-refractivity contribution is 7.89. The lowest BCUT2D eigenvalue weighted by Crippen LogP contribution is -2.49. The molecule has 0 aliphatic carbocycles. The standard InChI is InChI=1S/C23H33N5O5S2/c1-3-27(4-2)35(32,33)21-11-9-20(10-12-21)23(29)25-14-7-19-34(30,31)28-17-15-26(16-18-28)22-8-5-6-13-24-22/h5-6,8-13H,3-4,7,14-19H2,1-2H3,(H,25,29). The second-order valence-electron chi connectivity index (χ2n) is 8.11. The van der Waals surface area contributed by atoms with Gasteiger partial charge in [-0.15, -0.1) is 0 Å². The molecule has 0 saturated carbocycles. The second kappa shape index (κ2) is 11.9. The smallest absolute Gasteiger partial charge is 0.251 e. The molecule has 10 nitrogen and oxygen atoms in total. The first-order valence-corrected chi connectivity index (χ1v) is 14.8. The molecule has 1 saturated heterocycles. The Morgan fingerprint density at radius 3 is 2.20 bits per heavy atom. The summed E-state index contributed by atoms with van der Waals surface area (Å²) < 4.78 is 53.4. The fraction of sp³-hybridized carbons (Fsp3) is 0.478. The van der Waals surface area contributed by atoms with Crippen molar-refractivity contribution >= 4 is 31.8 Å². The Morgan fingerprint density at radius 2 is 1.63 bits per heavy atom. The summed E-state index contributed by atoms with van der Waals surface area (Å²) in [5, 5.41) is 2.71. The summed E-state index contributed by atoms with van der Waals surface area (Å²) in [5.41, 5.74) is 0.317. The first kappa shape index (κ1) is 27.1. The third kappa shape index (κ3) is 6.78. The van der Waals surface area contributed by atoms with Gasteiger partial charge in [0.15, 0.2) is 0 Å². The number of benzene rings is 1. The van der Waals surface area contributed by atoms with Crippen LogP contribution in [-0.4, -0.2) is 87.9 Å². The zero-order valence-corrected chi connectivity index (χ0v) is 21.8. The number of rotatable bonds is 11. The van der Waals surface area contributed by atoms with Gasteiger partial charge in [-0.1, -0.05) is 19.9 Å². The maximum atomic E-state index is 12.7. The molecule has 1 fully saturated rings. The minimum absolute atomic E-state index is 0.0576. The fourth-order valence-electron chi connectivity index (χ4n) is 3.91. The van der Waals surface area contributed by atoms with E-state index in [4.69, 9.17) is 0 Å². The van der Waals surface area contributed by atoms with Crippen molar-refractivity contribution in [3.8, 4) is 0 Å². The van der Waals surface area contributed by atoms with Gasteiger partial charge in [-0.3, -0.25) is 4.79 Å². The first-order valence-electron chi connectivity index (χ1n) is 11.7. The molecule has 1 amide bonds. The largest absolute Gasteiger partial charge is 0.354 e. The van der Waals surface area contributed by atoms with E-state index in [9.17, 15) is 21.6 Å². The molecule has 192 valence electrons. The molecule has 1 aliphatic heterocycles. The van der Waals surface area contributed by atoms with E-state index >= 15 is 0 Å². The highest BCUT2D eigenvalue weighted by atomic mass is 32.2. The Balaban J connectivity index is 1.45. The summed E-state index contributed by atoms with van der Waals surface area (Å²) in [7, 11) is -7.01. The summed E-state index contributed by atoms with van der Waals surface area (Å²) >= 11 is 0. The molecule has 0 unspecified atom stereocenters. The topological polar surface area (TPSA) is 120 Å². The van der Waals surface area contributed by atoms with Crippen molar-refractivity contribution in [3.05, 3.63) is 54.2 Å². The van der Waals surface area contributed by atoms with E-state index in [0.29, 0.717) is 44.8 Å². The molecule has 1 N–H and O–H groups in total. The molecule has 12 heteroatoms. The van der Waals surface area contributed by atoms with Crippen molar-refractivity contribution in [2.75, 3.05) is 56.5 Å². The van der Waals surface area contributed by atoms with Gasteiger partial charge in [0, 0.05) is 57.6 Å². The van der Waals surface area contributed by atoms with Gasteiger partial charge in [0.05, 0.1) is 10.6 Å². The van der Waals surface area contributed by atoms with Gasteiger partial charge in [0.2, 0.25) is 20.0 Å². The van der Waals surface area contributed by atoms with Crippen LogP contribution in [0.25, 0.3) is 0 Å². The lowest BCUT2D eigenvalue weighted by Gasteiger charge is -2.34. The van der Waals surface area contributed by atoms with Gasteiger partial charge in [-0.2, -0.15) is 8.61 Å². The van der Waals surface area contributed by atoms with E-state index in [1.165, 1.54) is 32.9 Å². The van der Waals surface area contributed by atoms with E-state index in [2.05, 4.69) is 15.2 Å². The number of carbonyl (C=O) groups is 1. The van der Waals surface area contributed by atoms with Crippen molar-refractivity contribution in [1.29, 1.82) is 0 Å². The SMILES string of the molecule is CCN(CC)S(=O)(=O)c1ccc(C(=O)NCCCS(=O)(=O)N2CCN(c3ccccn3)CC2)cc1. The average molecular weight is 524 g/mol. The normalized spacial score (nSPS) is 15.3. The lowest BCUT2D eigenvalue weighted by molar-refractivity contribution is 0.0953. The first-order chi connectivity index (χ1) is 16.7. The molecule has 1 aromatic carbocycles. The van der Waals surface area contributed by atoms with Crippen LogP contribution < -0.4 is 10.2 Å². The summed E-state index contributed by atoms with van der Waals surface area (Å²) in [6, 6.07) is 11.4. The molecule has 35 heavy (non-hydrogen) atoms. The predicted octanol–water partition coefficient (Wildman–Crippen LogP) is 1.38. The molecule has 0 radical (unpaired) electrons. The van der Waals surface area contributed by atoms with Gasteiger partial charge in [-0.05, 0) is 42.8 Å². The number of pyridine rings is 1. The number of piperazine rings is 1. The molecule has 1 aliphatic rings. The Bertz CT molecular complexity index is 1180. The summed E-state index contributed by atoms with van der Waals surface area (Å²) in [5.74, 6) is 0.405. The van der Waals surface area contributed by atoms with Crippen LogP contribution >= 0.6 is 0 Å². The number of hydrogen-bond donors (Lipinski definition) is 1. The van der Waals surface area contributed by atoms with Crippen molar-refractivity contribution in [2.45, 2.75) is 25.2 Å². The molecule has 2 aromatic rings. The highest BCUT2D eigenvalue weighted by Crippen LogP contribution is 2.17. The number of aromatic nitrogens is 1. The van der Waals surface area contributed by atoms with Crippen molar-refractivity contribution in [1.82, 2.24) is 18.9 Å². The van der Waals surface area contributed by atoms with E-state index in [0.717, 1.165) is 5.82 Å². The number of anilines is 1. The van der Waals surface area contributed by atoms with Crippen LogP contribution in [-0.2, 0) is 20.0 Å². The predicted molar refractivity (Wildman–Crippen MR) is 135 cm³/mol. The Kier molecular flexibility index (Phi) is 9.22. The van der Waals surface area contributed by atoms with Crippen molar-refractivity contribution in [3.63, 3.8) is 0 Å². The van der Waals surface area contributed by atoms with Crippen LogP contribution in [0.3, 0.4) is 0 Å². The van der Waals surface area contributed by atoms with Crippen LogP contribution in [0.15, 0.2) is 53.6 Å². The minimum Gasteiger partial charge on any atom is -0.354 e. The van der Waals surface area contributed by atoms with Gasteiger partial charge in [0.1, 0.15) is 5.82 Å². The number of amides is 1. The van der Waals surface area contributed by atoms with Crippen LogP contribution in [0.4, 0.5) is 5.82 Å². The molecule has 0 spiro atoms. The average Bonchev–Trinajstić information content (AvgIpc) is 2.88. The number of carbonyl (C=O) groups excluding carboxylic acids is 1. The van der Waals surface area contributed by atoms with Crippen LogP contribution in [0, 0.1) is 0 Å². The molecule has 1 aromatic heterocycles. The molecule has 3 rings (SSSR count). The van der Waals surface area contributed by atoms with Crippen LogP contribution in [0.5, 0.6) is 0 Å². The Labute approximate surface area is 208 Å². The van der Waals surface area contributed by atoms with Gasteiger partial charge in [0.25, 0.3) is 5.91 Å². The number of nitrogens with one attached hydrogen (secondary N) is 1. The Hall–Kier alpha value is -2.54. The van der Waals surface area contributed by atoms with Gasteiger partial charge in [-0.25, -0.2) is 21.8 Å². The number of nitrogens with zero attached hydrogens (tertiary/aromatic N) is 4. The van der Waals surface area contributed by atoms with Gasteiger partial charge < -0.3 is 10.2 Å². The number of sulfonamides is 2. The summed E-state index contributed by atoms with van der Waals surface area (Å²) in [6.45, 7) is 6.41. The fourth-order valence-corrected chi connectivity index (χ4v) is 6.86. The lowest BCUT2D eigenvalue weighted by atomic mass is 10.2. The summed E-state index contributed by atoms with van der Waals surface area (Å²) in [4.78, 5) is 18.9. The van der Waals surface area contributed by atoms with E-state index < -0.39 is 20.0 Å². The summed E-state index contributed by atoms with van der Waals surface area (Å²) in [6.07, 6.45) is 2.00. The molecule has 0 atom stereocenters. The Morgan fingerprint density at radius 1 is 0.971 bits per heavy atom. The van der Waals surface area contributed by atoms with Crippen molar-refractivity contribution < 1.29 is 21.6 Å². The third-order valence-electron chi connectivity index (χ3n) is 5.93. The van der Waals surface area contributed by atoms with Crippen molar-refractivity contribution in [2.24, 2.45) is 0 Å². The zero-order chi connectivity index (χ0) is 25.5. The van der Waals surface area contributed by atoms with E-state index in [1.807, 2.05) is 18.2 Å². The molecular formula is C23H33N5O5S2. The zero-order valence-electron chi connectivity index (χ0n) is 20.1. The molecule has 2 heterocycles. The maximum Gasteiger partial charge on any atom is 0.251 e. The molecule has 0 bridgehead atoms. The van der Waals surface area contributed by atoms with E-state index in [1.54, 1.807) is 20.0 Å². The van der Waals surface area contributed by atoms with Crippen LogP contribution in [0.1, 0.15) is 30.6 Å². The van der Waals surface area contributed by atoms with Gasteiger partial charge >= 0.3 is 0 Å². The van der Waals surface area contributed by atoms with E-state index in [-0.39, 0.29) is 29.5 Å². The van der Waals surface area contributed by atoms with Crippen LogP contribution in [0.2, 0.25) is 0 Å². The quantitative estimate of drug-likeness (QED) is 0.442. The maximum absolute atomic E-state index is 12.7. The molecular weight excluding hydrogens is 490 g/mol.